The van der Waals surface area contributed by atoms with Crippen LogP contribution in [0, 0.1) is 0 Å². The number of methoxy groups -OCH3 is 1. The Morgan fingerprint density at radius 2 is 1.77 bits per heavy atom. The van der Waals surface area contributed by atoms with Gasteiger partial charge in [0.2, 0.25) is 0 Å². The van der Waals surface area contributed by atoms with Gasteiger partial charge in [-0.1, -0.05) is 37.3 Å². The zero-order valence-electron chi connectivity index (χ0n) is 17.4. The minimum absolute atomic E-state index is 0.0132. The number of rotatable bonds is 7. The molecule has 0 saturated carbocycles. The van der Waals surface area contributed by atoms with Gasteiger partial charge >= 0.3 is 6.36 Å². The second-order valence-corrected chi connectivity index (χ2v) is 7.57. The second kappa shape index (κ2) is 9.55. The third-order valence-corrected chi connectivity index (χ3v) is 5.47. The minimum atomic E-state index is -4.72. The Morgan fingerprint density at radius 3 is 2.39 bits per heavy atom. The van der Waals surface area contributed by atoms with Crippen LogP contribution in [0.5, 0.6) is 11.6 Å². The number of alkyl halides is 3. The van der Waals surface area contributed by atoms with Crippen LogP contribution in [-0.4, -0.2) is 55.6 Å². The predicted octanol–water partition coefficient (Wildman–Crippen LogP) is 4.20. The molecule has 1 saturated heterocycles. The van der Waals surface area contributed by atoms with Gasteiger partial charge in [0.15, 0.2) is 5.75 Å². The molecule has 0 spiro atoms. The molecule has 6 nitrogen and oxygen atoms in total. The third kappa shape index (κ3) is 5.88. The number of benzene rings is 1. The number of aromatic nitrogens is 1. The van der Waals surface area contributed by atoms with Crippen LogP contribution in [0.15, 0.2) is 42.5 Å². The van der Waals surface area contributed by atoms with E-state index in [1.807, 2.05) is 18.2 Å². The average molecular weight is 438 g/mol. The number of ether oxygens (including phenoxy) is 3. The van der Waals surface area contributed by atoms with Crippen LogP contribution in [0.2, 0.25) is 0 Å². The summed E-state index contributed by atoms with van der Waals surface area (Å²) in [6.07, 6.45) is -3.05. The van der Waals surface area contributed by atoms with Crippen LogP contribution < -0.4 is 9.47 Å². The topological polar surface area (TPSA) is 60.9 Å². The molecule has 0 atom stereocenters. The van der Waals surface area contributed by atoms with Crippen LogP contribution in [0.4, 0.5) is 13.2 Å². The van der Waals surface area contributed by atoms with Crippen molar-refractivity contribution in [2.45, 2.75) is 31.5 Å². The fourth-order valence-electron chi connectivity index (χ4n) is 3.61. The molecule has 9 heteroatoms. The number of hydrogen-bond donors (Lipinski definition) is 0. The van der Waals surface area contributed by atoms with Gasteiger partial charge in [-0.3, -0.25) is 9.53 Å². The van der Waals surface area contributed by atoms with Crippen molar-refractivity contribution in [2.24, 2.45) is 0 Å². The van der Waals surface area contributed by atoms with Crippen molar-refractivity contribution in [2.75, 3.05) is 33.4 Å². The highest BCUT2D eigenvalue weighted by molar-refractivity contribution is 5.92. The lowest BCUT2D eigenvalue weighted by atomic mass is 9.74. The van der Waals surface area contributed by atoms with Gasteiger partial charge < -0.3 is 14.4 Å². The van der Waals surface area contributed by atoms with Crippen molar-refractivity contribution >= 4 is 5.91 Å². The van der Waals surface area contributed by atoms with Gasteiger partial charge in [-0.15, -0.1) is 13.2 Å². The first-order chi connectivity index (χ1) is 14.7. The van der Waals surface area contributed by atoms with Crippen LogP contribution in [-0.2, 0) is 10.2 Å². The summed E-state index contributed by atoms with van der Waals surface area (Å²) in [4.78, 5) is 18.9. The third-order valence-electron chi connectivity index (χ3n) is 5.47. The normalized spacial score (nSPS) is 16.1. The maximum absolute atomic E-state index is 12.9. The number of pyridine rings is 1. The highest BCUT2D eigenvalue weighted by Gasteiger charge is 2.34. The summed E-state index contributed by atoms with van der Waals surface area (Å²) in [6, 6.07) is 13.2. The van der Waals surface area contributed by atoms with Gasteiger partial charge in [0, 0.05) is 13.1 Å². The number of hydrogen-bond acceptors (Lipinski definition) is 5. The fourth-order valence-corrected chi connectivity index (χ4v) is 3.61. The molecular weight excluding hydrogens is 413 g/mol. The Labute approximate surface area is 178 Å². The fraction of sp³-hybridized carbons (Fsp3) is 0.455. The summed E-state index contributed by atoms with van der Waals surface area (Å²) in [6.45, 7) is 2.40. The molecule has 1 aliphatic rings. The Morgan fingerprint density at radius 1 is 1.10 bits per heavy atom. The van der Waals surface area contributed by atoms with E-state index in [1.165, 1.54) is 24.8 Å². The lowest BCUT2D eigenvalue weighted by Gasteiger charge is -2.39. The van der Waals surface area contributed by atoms with Crippen molar-refractivity contribution < 1.29 is 32.2 Å². The van der Waals surface area contributed by atoms with Crippen molar-refractivity contribution in [3.8, 4) is 11.6 Å². The van der Waals surface area contributed by atoms with Gasteiger partial charge in [0.1, 0.15) is 12.3 Å². The first kappa shape index (κ1) is 22.9. The number of amides is 1. The number of halogens is 3. The molecule has 31 heavy (non-hydrogen) atoms. The molecule has 0 aliphatic carbocycles. The molecule has 1 aliphatic heterocycles. The average Bonchev–Trinajstić information content (AvgIpc) is 2.77. The number of nitrogens with zero attached hydrogens (tertiary/aromatic N) is 2. The lowest BCUT2D eigenvalue weighted by molar-refractivity contribution is -0.325. The Bertz CT molecular complexity index is 882. The minimum Gasteiger partial charge on any atom is -0.486 e. The zero-order valence-corrected chi connectivity index (χ0v) is 17.4. The first-order valence-corrected chi connectivity index (χ1v) is 9.95. The zero-order chi connectivity index (χ0) is 22.5. The summed E-state index contributed by atoms with van der Waals surface area (Å²) in [5.74, 6) is -0.0514. The maximum Gasteiger partial charge on any atom is 0.522 e. The lowest BCUT2D eigenvalue weighted by Crippen LogP contribution is -2.44. The summed E-state index contributed by atoms with van der Waals surface area (Å²) < 4.78 is 50.2. The molecule has 2 aromatic rings. The number of piperidine rings is 1. The van der Waals surface area contributed by atoms with E-state index in [0.29, 0.717) is 13.1 Å². The van der Waals surface area contributed by atoms with E-state index >= 15 is 0 Å². The molecule has 1 amide bonds. The van der Waals surface area contributed by atoms with Crippen molar-refractivity contribution in [3.05, 3.63) is 53.7 Å². The van der Waals surface area contributed by atoms with Crippen molar-refractivity contribution in [3.63, 3.8) is 0 Å². The summed E-state index contributed by atoms with van der Waals surface area (Å²) in [5, 5.41) is 0. The van der Waals surface area contributed by atoms with Gasteiger partial charge in [-0.25, -0.2) is 4.98 Å². The molecule has 168 valence electrons. The quantitative estimate of drug-likeness (QED) is 0.607. The van der Waals surface area contributed by atoms with E-state index in [4.69, 9.17) is 9.47 Å². The molecule has 0 unspecified atom stereocenters. The van der Waals surface area contributed by atoms with Crippen molar-refractivity contribution in [1.29, 1.82) is 0 Å². The van der Waals surface area contributed by atoms with Gasteiger partial charge in [0.25, 0.3) is 11.8 Å². The van der Waals surface area contributed by atoms with E-state index in [1.54, 1.807) is 4.90 Å². The molecule has 0 bridgehead atoms. The SMILES string of the molecule is COc1nc(C(=O)N2CCC(C)(c3ccccc3)CC2)ccc1OCCOC(F)(F)F. The van der Waals surface area contributed by atoms with Gasteiger partial charge in [-0.2, -0.15) is 0 Å². The van der Waals surface area contributed by atoms with Gasteiger partial charge in [0.05, 0.1) is 13.7 Å². The first-order valence-electron chi connectivity index (χ1n) is 9.95. The summed E-state index contributed by atoms with van der Waals surface area (Å²) in [7, 11) is 1.35. The molecule has 1 aromatic heterocycles. The number of likely N-dealkylation sites (tertiary alicyclic amines) is 1. The van der Waals surface area contributed by atoms with E-state index in [2.05, 4.69) is 28.8 Å². The highest BCUT2D eigenvalue weighted by Crippen LogP contribution is 2.35. The van der Waals surface area contributed by atoms with Crippen LogP contribution in [0.3, 0.4) is 0 Å². The Balaban J connectivity index is 1.60. The smallest absolute Gasteiger partial charge is 0.486 e. The van der Waals surface area contributed by atoms with Gasteiger partial charge in [-0.05, 0) is 36.0 Å². The van der Waals surface area contributed by atoms with E-state index < -0.39 is 13.0 Å². The predicted molar refractivity (Wildman–Crippen MR) is 107 cm³/mol. The molecule has 0 N–H and O–H groups in total. The largest absolute Gasteiger partial charge is 0.522 e. The maximum atomic E-state index is 12.9. The molecular formula is C22H25F3N2O4. The molecule has 1 fully saturated rings. The Kier molecular flexibility index (Phi) is 7.04. The second-order valence-electron chi connectivity index (χ2n) is 7.57. The molecule has 3 rings (SSSR count). The molecule has 2 heterocycles. The van der Waals surface area contributed by atoms with E-state index in [0.717, 1.165) is 12.8 Å². The number of carbonyl (C=O) groups excluding carboxylic acids is 1. The van der Waals surface area contributed by atoms with Crippen molar-refractivity contribution in [1.82, 2.24) is 9.88 Å². The number of carbonyl (C=O) groups is 1. The van der Waals surface area contributed by atoms with E-state index in [9.17, 15) is 18.0 Å². The van der Waals surface area contributed by atoms with E-state index in [-0.39, 0.29) is 35.3 Å². The van der Waals surface area contributed by atoms with Crippen LogP contribution in [0.1, 0.15) is 35.8 Å². The molecule has 1 aromatic carbocycles. The Hall–Kier alpha value is -2.81. The summed E-state index contributed by atoms with van der Waals surface area (Å²) in [5.41, 5.74) is 1.47. The standard InChI is InChI=1S/C22H25F3N2O4/c1-21(16-6-4-3-5-7-16)10-12-27(13-11-21)20(28)17-8-9-18(19(26-17)29-2)30-14-15-31-22(23,24)25/h3-9H,10-15H2,1-2H3. The summed E-state index contributed by atoms with van der Waals surface area (Å²) >= 11 is 0. The monoisotopic (exact) mass is 438 g/mol. The highest BCUT2D eigenvalue weighted by atomic mass is 19.4. The van der Waals surface area contributed by atoms with Crippen LogP contribution >= 0.6 is 0 Å². The molecule has 0 radical (unpaired) electrons. The van der Waals surface area contributed by atoms with Crippen LogP contribution in [0.25, 0.3) is 0 Å².